The van der Waals surface area contributed by atoms with Gasteiger partial charge in [0.15, 0.2) is 0 Å². The Balaban J connectivity index is 1.71. The van der Waals surface area contributed by atoms with Crippen molar-refractivity contribution < 1.29 is 9.59 Å². The van der Waals surface area contributed by atoms with Gasteiger partial charge >= 0.3 is 0 Å². The van der Waals surface area contributed by atoms with E-state index in [1.807, 2.05) is 42.5 Å². The first kappa shape index (κ1) is 21.0. The molecule has 4 nitrogen and oxygen atoms in total. The minimum absolute atomic E-state index is 0.250. The van der Waals surface area contributed by atoms with Gasteiger partial charge in [0.1, 0.15) is 5.41 Å². The second-order valence-corrected chi connectivity index (χ2v) is 7.54. The molecule has 2 aromatic carbocycles. The lowest BCUT2D eigenvalue weighted by atomic mass is 9.91. The normalized spacial score (nSPS) is 11.1. The first-order valence-corrected chi connectivity index (χ1v) is 9.62. The predicted octanol–water partition coefficient (Wildman–Crippen LogP) is 3.77. The SMILES string of the molecule is CC(C)(C(=O)NCCCc1ccccc1)C(=O)NCCc1ccc(Cl)cc1. The third-order valence-corrected chi connectivity index (χ3v) is 4.77. The Morgan fingerprint density at radius 3 is 2.00 bits per heavy atom. The molecule has 5 heteroatoms. The van der Waals surface area contributed by atoms with E-state index in [4.69, 9.17) is 11.6 Å². The summed E-state index contributed by atoms with van der Waals surface area (Å²) in [5.74, 6) is -0.517. The summed E-state index contributed by atoms with van der Waals surface area (Å²) < 4.78 is 0. The van der Waals surface area contributed by atoms with E-state index < -0.39 is 5.41 Å². The van der Waals surface area contributed by atoms with Crippen LogP contribution >= 0.6 is 11.6 Å². The van der Waals surface area contributed by atoms with Gasteiger partial charge in [0.2, 0.25) is 11.8 Å². The number of halogens is 1. The molecule has 0 bridgehead atoms. The van der Waals surface area contributed by atoms with Crippen molar-refractivity contribution in [3.8, 4) is 0 Å². The highest BCUT2D eigenvalue weighted by Gasteiger charge is 2.35. The number of hydrogen-bond acceptors (Lipinski definition) is 2. The highest BCUT2D eigenvalue weighted by molar-refractivity contribution is 6.30. The lowest BCUT2D eigenvalue weighted by Gasteiger charge is -2.22. The summed E-state index contributed by atoms with van der Waals surface area (Å²) in [5, 5.41) is 6.41. The molecule has 0 saturated heterocycles. The van der Waals surface area contributed by atoms with Gasteiger partial charge in [0.05, 0.1) is 0 Å². The first-order valence-electron chi connectivity index (χ1n) is 9.24. The number of rotatable bonds is 9. The molecule has 0 unspecified atom stereocenters. The zero-order chi connectivity index (χ0) is 19.7. The molecular weight excluding hydrogens is 360 g/mol. The highest BCUT2D eigenvalue weighted by Crippen LogP contribution is 2.16. The van der Waals surface area contributed by atoms with Gasteiger partial charge in [-0.2, -0.15) is 0 Å². The Hall–Kier alpha value is -2.33. The molecule has 0 fully saturated rings. The molecule has 2 N–H and O–H groups in total. The average molecular weight is 387 g/mol. The molecule has 0 spiro atoms. The third-order valence-electron chi connectivity index (χ3n) is 4.52. The topological polar surface area (TPSA) is 58.2 Å². The van der Waals surface area contributed by atoms with Crippen LogP contribution in [0.15, 0.2) is 54.6 Å². The first-order chi connectivity index (χ1) is 12.9. The van der Waals surface area contributed by atoms with Crippen LogP contribution in [0.4, 0.5) is 0 Å². The zero-order valence-corrected chi connectivity index (χ0v) is 16.7. The van der Waals surface area contributed by atoms with Gasteiger partial charge in [-0.3, -0.25) is 9.59 Å². The van der Waals surface area contributed by atoms with Crippen LogP contribution in [-0.2, 0) is 22.4 Å². The quantitative estimate of drug-likeness (QED) is 0.509. The summed E-state index contributed by atoms with van der Waals surface area (Å²) in [4.78, 5) is 24.8. The van der Waals surface area contributed by atoms with Gasteiger partial charge in [0, 0.05) is 18.1 Å². The van der Waals surface area contributed by atoms with Gasteiger partial charge in [-0.25, -0.2) is 0 Å². The molecule has 2 amide bonds. The number of nitrogens with one attached hydrogen (secondary N) is 2. The van der Waals surface area contributed by atoms with Crippen molar-refractivity contribution in [1.82, 2.24) is 10.6 Å². The highest BCUT2D eigenvalue weighted by atomic mass is 35.5. The zero-order valence-electron chi connectivity index (χ0n) is 15.9. The van der Waals surface area contributed by atoms with Crippen molar-refractivity contribution >= 4 is 23.4 Å². The second-order valence-electron chi connectivity index (χ2n) is 7.10. The van der Waals surface area contributed by atoms with E-state index in [-0.39, 0.29) is 11.8 Å². The molecule has 0 aliphatic carbocycles. The molecule has 0 saturated carbocycles. The summed E-state index contributed by atoms with van der Waals surface area (Å²) >= 11 is 5.86. The third kappa shape index (κ3) is 6.72. The molecule has 0 aliphatic rings. The fraction of sp³-hybridized carbons (Fsp3) is 0.364. The molecule has 0 radical (unpaired) electrons. The van der Waals surface area contributed by atoms with Crippen molar-refractivity contribution in [2.24, 2.45) is 5.41 Å². The summed E-state index contributed by atoms with van der Waals surface area (Å²) in [5.41, 5.74) is 1.22. The van der Waals surface area contributed by atoms with E-state index >= 15 is 0 Å². The Morgan fingerprint density at radius 2 is 1.37 bits per heavy atom. The van der Waals surface area contributed by atoms with Gasteiger partial charge in [-0.05, 0) is 56.4 Å². The van der Waals surface area contributed by atoms with Crippen molar-refractivity contribution in [2.75, 3.05) is 13.1 Å². The Morgan fingerprint density at radius 1 is 0.815 bits per heavy atom. The molecule has 0 aromatic heterocycles. The minimum Gasteiger partial charge on any atom is -0.355 e. The molecule has 2 aromatic rings. The van der Waals surface area contributed by atoms with E-state index in [1.165, 1.54) is 5.56 Å². The van der Waals surface area contributed by atoms with Crippen LogP contribution in [0.5, 0.6) is 0 Å². The number of aryl methyl sites for hydroxylation is 1. The van der Waals surface area contributed by atoms with Crippen LogP contribution in [-0.4, -0.2) is 24.9 Å². The smallest absolute Gasteiger partial charge is 0.235 e. The van der Waals surface area contributed by atoms with Crippen LogP contribution in [0.3, 0.4) is 0 Å². The molecule has 0 aliphatic heterocycles. The van der Waals surface area contributed by atoms with Gasteiger partial charge in [-0.1, -0.05) is 54.1 Å². The standard InChI is InChI=1S/C22H27ClN2O2/c1-22(2,20(26)24-15-6-9-17-7-4-3-5-8-17)21(27)25-16-14-18-10-12-19(23)13-11-18/h3-5,7-8,10-13H,6,9,14-16H2,1-2H3,(H,24,26)(H,25,27). The molecule has 144 valence electrons. The average Bonchev–Trinajstić information content (AvgIpc) is 2.67. The number of amides is 2. The van der Waals surface area contributed by atoms with Crippen LogP contribution < -0.4 is 10.6 Å². The maximum atomic E-state index is 12.4. The summed E-state index contributed by atoms with van der Waals surface area (Å²) in [6.45, 7) is 4.33. The maximum Gasteiger partial charge on any atom is 0.235 e. The molecule has 27 heavy (non-hydrogen) atoms. The lowest BCUT2D eigenvalue weighted by molar-refractivity contribution is -0.141. The van der Waals surface area contributed by atoms with E-state index in [9.17, 15) is 9.59 Å². The Labute approximate surface area is 166 Å². The van der Waals surface area contributed by atoms with Crippen LogP contribution in [0.1, 0.15) is 31.4 Å². The number of benzene rings is 2. The Kier molecular flexibility index (Phi) is 7.86. The summed E-state index contributed by atoms with van der Waals surface area (Å²) in [6, 6.07) is 17.6. The lowest BCUT2D eigenvalue weighted by Crippen LogP contribution is -2.48. The van der Waals surface area contributed by atoms with Crippen LogP contribution in [0.2, 0.25) is 5.02 Å². The van der Waals surface area contributed by atoms with E-state index in [0.29, 0.717) is 24.5 Å². The number of carbonyl (C=O) groups excluding carboxylic acids is 2. The largest absolute Gasteiger partial charge is 0.355 e. The fourth-order valence-corrected chi connectivity index (χ4v) is 2.78. The van der Waals surface area contributed by atoms with Crippen LogP contribution in [0, 0.1) is 5.41 Å². The van der Waals surface area contributed by atoms with E-state index in [0.717, 1.165) is 18.4 Å². The van der Waals surface area contributed by atoms with Gasteiger partial charge in [0.25, 0.3) is 0 Å². The number of hydrogen-bond donors (Lipinski definition) is 2. The van der Waals surface area contributed by atoms with Crippen molar-refractivity contribution in [3.05, 3.63) is 70.7 Å². The van der Waals surface area contributed by atoms with Crippen LogP contribution in [0.25, 0.3) is 0 Å². The molecule has 0 atom stereocenters. The van der Waals surface area contributed by atoms with Gasteiger partial charge in [-0.15, -0.1) is 0 Å². The summed E-state index contributed by atoms with van der Waals surface area (Å²) in [6.07, 6.45) is 2.43. The molecular formula is C22H27ClN2O2. The minimum atomic E-state index is -1.10. The van der Waals surface area contributed by atoms with E-state index in [2.05, 4.69) is 22.8 Å². The maximum absolute atomic E-state index is 12.4. The molecule has 0 heterocycles. The van der Waals surface area contributed by atoms with E-state index in [1.54, 1.807) is 13.8 Å². The number of carbonyl (C=O) groups is 2. The second kappa shape index (κ2) is 10.1. The van der Waals surface area contributed by atoms with Crippen molar-refractivity contribution in [3.63, 3.8) is 0 Å². The molecule has 2 rings (SSSR count). The predicted molar refractivity (Wildman–Crippen MR) is 110 cm³/mol. The summed E-state index contributed by atoms with van der Waals surface area (Å²) in [7, 11) is 0. The van der Waals surface area contributed by atoms with Gasteiger partial charge < -0.3 is 10.6 Å². The fourth-order valence-electron chi connectivity index (χ4n) is 2.66. The monoisotopic (exact) mass is 386 g/mol. The Bertz CT molecular complexity index is 743. The van der Waals surface area contributed by atoms with Crippen molar-refractivity contribution in [1.29, 1.82) is 0 Å². The van der Waals surface area contributed by atoms with Crippen molar-refractivity contribution in [2.45, 2.75) is 33.1 Å².